The second kappa shape index (κ2) is 8.64. The zero-order valence-electron chi connectivity index (χ0n) is 16.1. The SMILES string of the molecule is CC1CCCCN1S(=O)(=O)c1ccc(C(=O)N(C)Cc2cccc(Cl)c2)cc1. The molecule has 1 amide bonds. The summed E-state index contributed by atoms with van der Waals surface area (Å²) < 4.78 is 27.4. The molecule has 0 radical (unpaired) electrons. The van der Waals surface area contributed by atoms with Crippen molar-refractivity contribution in [3.05, 3.63) is 64.7 Å². The maximum absolute atomic E-state index is 12.9. The molecule has 0 bridgehead atoms. The van der Waals surface area contributed by atoms with E-state index in [1.807, 2.05) is 25.1 Å². The molecular weight excluding hydrogens is 396 g/mol. The van der Waals surface area contributed by atoms with Crippen LogP contribution < -0.4 is 0 Å². The molecule has 0 spiro atoms. The summed E-state index contributed by atoms with van der Waals surface area (Å²) in [7, 11) is -1.82. The van der Waals surface area contributed by atoms with E-state index in [-0.39, 0.29) is 16.8 Å². The van der Waals surface area contributed by atoms with Crippen molar-refractivity contribution in [2.45, 2.75) is 43.7 Å². The Balaban J connectivity index is 1.73. The molecule has 1 saturated heterocycles. The molecule has 3 rings (SSSR count). The Bertz CT molecular complexity index is 944. The molecule has 1 unspecified atom stereocenters. The third kappa shape index (κ3) is 4.57. The molecule has 150 valence electrons. The lowest BCUT2D eigenvalue weighted by molar-refractivity contribution is 0.0785. The van der Waals surface area contributed by atoms with Gasteiger partial charge in [-0.2, -0.15) is 4.31 Å². The molecular formula is C21H25ClN2O3S. The van der Waals surface area contributed by atoms with Crippen LogP contribution in [0.25, 0.3) is 0 Å². The molecule has 1 heterocycles. The number of benzene rings is 2. The van der Waals surface area contributed by atoms with Crippen LogP contribution in [0.3, 0.4) is 0 Å². The summed E-state index contributed by atoms with van der Waals surface area (Å²) in [6.45, 7) is 2.91. The van der Waals surface area contributed by atoms with Gasteiger partial charge in [0.05, 0.1) is 4.90 Å². The van der Waals surface area contributed by atoms with Crippen molar-refractivity contribution in [2.75, 3.05) is 13.6 Å². The highest BCUT2D eigenvalue weighted by molar-refractivity contribution is 7.89. The quantitative estimate of drug-likeness (QED) is 0.729. The van der Waals surface area contributed by atoms with Crippen LogP contribution in [0.4, 0.5) is 0 Å². The highest BCUT2D eigenvalue weighted by Gasteiger charge is 2.31. The minimum Gasteiger partial charge on any atom is -0.337 e. The van der Waals surface area contributed by atoms with E-state index in [2.05, 4.69) is 0 Å². The molecule has 1 fully saturated rings. The first-order valence-electron chi connectivity index (χ1n) is 9.41. The van der Waals surface area contributed by atoms with Crippen molar-refractivity contribution in [2.24, 2.45) is 0 Å². The van der Waals surface area contributed by atoms with E-state index >= 15 is 0 Å². The maximum Gasteiger partial charge on any atom is 0.253 e. The van der Waals surface area contributed by atoms with Crippen molar-refractivity contribution in [3.63, 3.8) is 0 Å². The van der Waals surface area contributed by atoms with Gasteiger partial charge >= 0.3 is 0 Å². The summed E-state index contributed by atoms with van der Waals surface area (Å²) in [6, 6.07) is 13.6. The summed E-state index contributed by atoms with van der Waals surface area (Å²) in [4.78, 5) is 14.5. The summed E-state index contributed by atoms with van der Waals surface area (Å²) in [5.74, 6) is -0.171. The van der Waals surface area contributed by atoms with Crippen LogP contribution in [0.2, 0.25) is 5.02 Å². The number of carbonyl (C=O) groups excluding carboxylic acids is 1. The van der Waals surface area contributed by atoms with Gasteiger partial charge in [-0.1, -0.05) is 30.2 Å². The van der Waals surface area contributed by atoms with E-state index in [4.69, 9.17) is 11.6 Å². The molecule has 2 aromatic carbocycles. The van der Waals surface area contributed by atoms with Gasteiger partial charge in [0.2, 0.25) is 10.0 Å². The van der Waals surface area contributed by atoms with Gasteiger partial charge in [-0.15, -0.1) is 0 Å². The third-order valence-electron chi connectivity index (χ3n) is 5.11. The number of amides is 1. The van der Waals surface area contributed by atoms with Crippen LogP contribution in [0.1, 0.15) is 42.1 Å². The fraction of sp³-hybridized carbons (Fsp3) is 0.381. The third-order valence-corrected chi connectivity index (χ3v) is 7.37. The van der Waals surface area contributed by atoms with Gasteiger partial charge in [0.1, 0.15) is 0 Å². The van der Waals surface area contributed by atoms with Gasteiger partial charge in [-0.3, -0.25) is 4.79 Å². The van der Waals surface area contributed by atoms with Crippen LogP contribution in [0.15, 0.2) is 53.4 Å². The predicted molar refractivity (Wildman–Crippen MR) is 111 cm³/mol. The van der Waals surface area contributed by atoms with Gasteiger partial charge in [0.25, 0.3) is 5.91 Å². The lowest BCUT2D eigenvalue weighted by atomic mass is 10.1. The smallest absolute Gasteiger partial charge is 0.253 e. The van der Waals surface area contributed by atoms with Crippen molar-refractivity contribution in [3.8, 4) is 0 Å². The average molecular weight is 421 g/mol. The Morgan fingerprint density at radius 1 is 1.18 bits per heavy atom. The van der Waals surface area contributed by atoms with E-state index in [1.54, 1.807) is 34.5 Å². The minimum atomic E-state index is -3.53. The van der Waals surface area contributed by atoms with Crippen LogP contribution in [-0.2, 0) is 16.6 Å². The standard InChI is InChI=1S/C21H25ClN2O3S/c1-16-6-3-4-13-24(16)28(26,27)20-11-9-18(10-12-20)21(25)23(2)15-17-7-5-8-19(22)14-17/h5,7-12,14,16H,3-4,6,13,15H2,1-2H3. The number of nitrogens with zero attached hydrogens (tertiary/aromatic N) is 2. The highest BCUT2D eigenvalue weighted by atomic mass is 35.5. The van der Waals surface area contributed by atoms with Gasteiger partial charge in [0.15, 0.2) is 0 Å². The first-order chi connectivity index (χ1) is 13.3. The monoisotopic (exact) mass is 420 g/mol. The van der Waals surface area contributed by atoms with E-state index in [1.165, 1.54) is 12.1 Å². The Kier molecular flexibility index (Phi) is 6.43. The van der Waals surface area contributed by atoms with Gasteiger partial charge in [-0.05, 0) is 61.7 Å². The summed E-state index contributed by atoms with van der Waals surface area (Å²) in [6.07, 6.45) is 2.82. The Hall–Kier alpha value is -1.89. The number of hydrogen-bond donors (Lipinski definition) is 0. The molecule has 0 aromatic heterocycles. The van der Waals surface area contributed by atoms with Gasteiger partial charge < -0.3 is 4.90 Å². The predicted octanol–water partition coefficient (Wildman–Crippen LogP) is 4.18. The van der Waals surface area contributed by atoms with Crippen molar-refractivity contribution in [1.29, 1.82) is 0 Å². The van der Waals surface area contributed by atoms with Crippen LogP contribution in [0.5, 0.6) is 0 Å². The number of piperidine rings is 1. The number of halogens is 1. The molecule has 28 heavy (non-hydrogen) atoms. The molecule has 1 atom stereocenters. The van der Waals surface area contributed by atoms with E-state index in [0.29, 0.717) is 23.7 Å². The summed E-state index contributed by atoms with van der Waals surface area (Å²) in [5.41, 5.74) is 1.39. The van der Waals surface area contributed by atoms with Crippen LogP contribution in [0, 0.1) is 0 Å². The Morgan fingerprint density at radius 2 is 1.89 bits per heavy atom. The fourth-order valence-electron chi connectivity index (χ4n) is 3.54. The molecule has 1 aliphatic heterocycles. The van der Waals surface area contributed by atoms with E-state index < -0.39 is 10.0 Å². The molecule has 1 aliphatic rings. The molecule has 2 aromatic rings. The average Bonchev–Trinajstić information content (AvgIpc) is 2.67. The lowest BCUT2D eigenvalue weighted by Crippen LogP contribution is -2.41. The second-order valence-corrected chi connectivity index (χ2v) is 9.60. The Labute approximate surface area is 172 Å². The van der Waals surface area contributed by atoms with E-state index in [0.717, 1.165) is 24.8 Å². The zero-order chi connectivity index (χ0) is 20.3. The summed E-state index contributed by atoms with van der Waals surface area (Å²) in [5, 5.41) is 0.625. The first-order valence-corrected chi connectivity index (χ1v) is 11.2. The van der Waals surface area contributed by atoms with Gasteiger partial charge in [-0.25, -0.2) is 8.42 Å². The van der Waals surface area contributed by atoms with Crippen LogP contribution in [-0.4, -0.2) is 43.2 Å². The normalized spacial score (nSPS) is 18.0. The summed E-state index contributed by atoms with van der Waals surface area (Å²) >= 11 is 5.99. The van der Waals surface area contributed by atoms with Crippen molar-refractivity contribution in [1.82, 2.24) is 9.21 Å². The Morgan fingerprint density at radius 3 is 2.54 bits per heavy atom. The highest BCUT2D eigenvalue weighted by Crippen LogP contribution is 2.25. The minimum absolute atomic E-state index is 0.00360. The number of hydrogen-bond acceptors (Lipinski definition) is 3. The molecule has 5 nitrogen and oxygen atoms in total. The van der Waals surface area contributed by atoms with Crippen LogP contribution >= 0.6 is 11.6 Å². The molecule has 0 aliphatic carbocycles. The number of carbonyl (C=O) groups is 1. The maximum atomic E-state index is 12.9. The van der Waals surface area contributed by atoms with Crippen molar-refractivity contribution >= 4 is 27.5 Å². The topological polar surface area (TPSA) is 57.7 Å². The number of sulfonamides is 1. The van der Waals surface area contributed by atoms with Gasteiger partial charge in [0, 0.05) is 36.8 Å². The fourth-order valence-corrected chi connectivity index (χ4v) is 5.45. The molecule has 0 saturated carbocycles. The first kappa shape index (κ1) is 20.8. The number of rotatable bonds is 5. The second-order valence-electron chi connectivity index (χ2n) is 7.28. The zero-order valence-corrected chi connectivity index (χ0v) is 17.7. The van der Waals surface area contributed by atoms with E-state index in [9.17, 15) is 13.2 Å². The van der Waals surface area contributed by atoms with Crippen molar-refractivity contribution < 1.29 is 13.2 Å². The lowest BCUT2D eigenvalue weighted by Gasteiger charge is -2.32. The largest absolute Gasteiger partial charge is 0.337 e. The molecule has 0 N–H and O–H groups in total. The molecule has 7 heteroatoms.